The van der Waals surface area contributed by atoms with Gasteiger partial charge in [-0.05, 0) is 39.5 Å². The Morgan fingerprint density at radius 3 is 2.96 bits per heavy atom. The Balaban J connectivity index is 1.59. The quantitative estimate of drug-likeness (QED) is 0.700. The molecule has 0 radical (unpaired) electrons. The molecule has 0 saturated heterocycles. The molecule has 2 amide bonds. The predicted molar refractivity (Wildman–Crippen MR) is 99.9 cm³/mol. The highest BCUT2D eigenvalue weighted by atomic mass is 79.9. The Kier molecular flexibility index (Phi) is 4.20. The Labute approximate surface area is 158 Å². The van der Waals surface area contributed by atoms with Gasteiger partial charge in [0.15, 0.2) is 11.3 Å². The molecule has 0 aliphatic carbocycles. The first-order chi connectivity index (χ1) is 12.5. The van der Waals surface area contributed by atoms with Crippen molar-refractivity contribution in [2.45, 2.75) is 19.9 Å². The van der Waals surface area contributed by atoms with E-state index in [2.05, 4.69) is 31.3 Å². The fourth-order valence-corrected chi connectivity index (χ4v) is 3.51. The monoisotopic (exact) mass is 413 g/mol. The van der Waals surface area contributed by atoms with E-state index in [1.165, 1.54) is 6.92 Å². The number of hydrogen-bond acceptors (Lipinski definition) is 4. The second-order valence-corrected chi connectivity index (χ2v) is 7.12. The van der Waals surface area contributed by atoms with Crippen LogP contribution in [-0.2, 0) is 17.8 Å². The molecule has 1 N–H and O–H groups in total. The molecule has 132 valence electrons. The van der Waals surface area contributed by atoms with E-state index in [1.807, 2.05) is 18.2 Å². The summed E-state index contributed by atoms with van der Waals surface area (Å²) in [6, 6.07) is 7.47. The van der Waals surface area contributed by atoms with E-state index in [0.29, 0.717) is 30.9 Å². The van der Waals surface area contributed by atoms with Crippen molar-refractivity contribution in [3.8, 4) is 0 Å². The molecule has 3 heterocycles. The number of anilines is 1. The average Bonchev–Trinajstić information content (AvgIpc) is 3.03. The molecular formula is C18H16BrN5O2. The minimum absolute atomic E-state index is 0.0970. The summed E-state index contributed by atoms with van der Waals surface area (Å²) in [5.74, 6) is -0.220. The summed E-state index contributed by atoms with van der Waals surface area (Å²) in [7, 11) is 0. The van der Waals surface area contributed by atoms with Gasteiger partial charge in [0.1, 0.15) is 0 Å². The van der Waals surface area contributed by atoms with Crippen LogP contribution in [0.2, 0.25) is 0 Å². The van der Waals surface area contributed by atoms with Crippen LogP contribution in [0, 0.1) is 0 Å². The van der Waals surface area contributed by atoms with E-state index in [0.717, 1.165) is 21.3 Å². The van der Waals surface area contributed by atoms with Crippen molar-refractivity contribution in [3.63, 3.8) is 0 Å². The zero-order chi connectivity index (χ0) is 18.3. The lowest BCUT2D eigenvalue weighted by molar-refractivity contribution is -0.114. The summed E-state index contributed by atoms with van der Waals surface area (Å²) in [6.07, 6.45) is 4.13. The van der Waals surface area contributed by atoms with E-state index in [4.69, 9.17) is 0 Å². The van der Waals surface area contributed by atoms with Gasteiger partial charge in [0.2, 0.25) is 5.91 Å². The molecule has 1 aromatic carbocycles. The maximum atomic E-state index is 12.9. The third-order valence-electron chi connectivity index (χ3n) is 4.36. The normalized spacial score (nSPS) is 13.5. The molecule has 4 rings (SSSR count). The lowest BCUT2D eigenvalue weighted by Crippen LogP contribution is -2.36. The van der Waals surface area contributed by atoms with Gasteiger partial charge >= 0.3 is 0 Å². The van der Waals surface area contributed by atoms with E-state index < -0.39 is 0 Å². The van der Waals surface area contributed by atoms with Crippen molar-refractivity contribution in [1.82, 2.24) is 19.5 Å². The highest BCUT2D eigenvalue weighted by Gasteiger charge is 2.25. The van der Waals surface area contributed by atoms with Gasteiger partial charge in [-0.1, -0.05) is 12.1 Å². The van der Waals surface area contributed by atoms with Crippen LogP contribution in [0.15, 0.2) is 41.1 Å². The van der Waals surface area contributed by atoms with Gasteiger partial charge in [-0.25, -0.2) is 9.50 Å². The molecule has 8 heteroatoms. The average molecular weight is 414 g/mol. The summed E-state index contributed by atoms with van der Waals surface area (Å²) in [6.45, 7) is 2.56. The summed E-state index contributed by atoms with van der Waals surface area (Å²) in [5.41, 5.74) is 3.95. The fourth-order valence-electron chi connectivity index (χ4n) is 3.21. The van der Waals surface area contributed by atoms with E-state index >= 15 is 0 Å². The second kappa shape index (κ2) is 6.53. The number of amides is 2. The molecule has 0 bridgehead atoms. The van der Waals surface area contributed by atoms with Gasteiger partial charge in [-0.3, -0.25) is 9.59 Å². The lowest BCUT2D eigenvalue weighted by Gasteiger charge is -2.29. The van der Waals surface area contributed by atoms with Crippen LogP contribution in [0.5, 0.6) is 0 Å². The number of carbonyl (C=O) groups excluding carboxylic acids is 2. The summed E-state index contributed by atoms with van der Waals surface area (Å²) in [5, 5.41) is 7.20. The lowest BCUT2D eigenvalue weighted by atomic mass is 9.97. The Morgan fingerprint density at radius 2 is 2.15 bits per heavy atom. The van der Waals surface area contributed by atoms with Crippen LogP contribution < -0.4 is 5.32 Å². The SMILES string of the molecule is CC(=O)Nc1cccc2c1CCN(C(=O)c1cc3ncc(Br)cn3n1)C2. The molecule has 0 fully saturated rings. The number of benzene rings is 1. The van der Waals surface area contributed by atoms with Crippen LogP contribution in [0.4, 0.5) is 5.69 Å². The Hall–Kier alpha value is -2.74. The smallest absolute Gasteiger partial charge is 0.274 e. The van der Waals surface area contributed by atoms with Crippen molar-refractivity contribution < 1.29 is 9.59 Å². The number of aromatic nitrogens is 3. The van der Waals surface area contributed by atoms with Gasteiger partial charge in [0.25, 0.3) is 5.91 Å². The third kappa shape index (κ3) is 3.08. The van der Waals surface area contributed by atoms with Crippen LogP contribution in [0.25, 0.3) is 5.65 Å². The van der Waals surface area contributed by atoms with E-state index in [9.17, 15) is 9.59 Å². The maximum Gasteiger partial charge on any atom is 0.274 e. The van der Waals surface area contributed by atoms with Gasteiger partial charge in [-0.15, -0.1) is 0 Å². The molecule has 7 nitrogen and oxygen atoms in total. The molecule has 1 aliphatic heterocycles. The standard InChI is InChI=1S/C18H16BrN5O2/c1-11(25)21-15-4-2-3-12-9-23(6-5-14(12)15)18(26)16-7-17-20-8-13(19)10-24(17)22-16/h2-4,7-8,10H,5-6,9H2,1H3,(H,21,25). The largest absolute Gasteiger partial charge is 0.333 e. The zero-order valence-electron chi connectivity index (χ0n) is 14.1. The molecule has 0 unspecified atom stereocenters. The highest BCUT2D eigenvalue weighted by Crippen LogP contribution is 2.27. The van der Waals surface area contributed by atoms with Crippen molar-refractivity contribution in [1.29, 1.82) is 0 Å². The number of fused-ring (bicyclic) bond motifs is 2. The number of nitrogens with one attached hydrogen (secondary N) is 1. The number of carbonyl (C=O) groups is 2. The first-order valence-corrected chi connectivity index (χ1v) is 8.99. The van der Waals surface area contributed by atoms with E-state index in [1.54, 1.807) is 27.9 Å². The first-order valence-electron chi connectivity index (χ1n) is 8.20. The Morgan fingerprint density at radius 1 is 1.31 bits per heavy atom. The molecule has 1 aliphatic rings. The van der Waals surface area contributed by atoms with Crippen molar-refractivity contribution in [2.75, 3.05) is 11.9 Å². The molecule has 0 saturated carbocycles. The van der Waals surface area contributed by atoms with E-state index in [-0.39, 0.29) is 11.8 Å². The first kappa shape index (κ1) is 16.7. The summed E-state index contributed by atoms with van der Waals surface area (Å²) < 4.78 is 2.38. The van der Waals surface area contributed by atoms with Gasteiger partial charge in [0.05, 0.1) is 4.47 Å². The minimum atomic E-state index is -0.123. The molecule has 26 heavy (non-hydrogen) atoms. The summed E-state index contributed by atoms with van der Waals surface area (Å²) >= 11 is 3.35. The number of halogens is 1. The van der Waals surface area contributed by atoms with Crippen molar-refractivity contribution >= 4 is 39.1 Å². The van der Waals surface area contributed by atoms with Crippen LogP contribution in [0.1, 0.15) is 28.5 Å². The fraction of sp³-hybridized carbons (Fsp3) is 0.222. The van der Waals surface area contributed by atoms with Crippen LogP contribution in [-0.4, -0.2) is 37.9 Å². The van der Waals surface area contributed by atoms with Gasteiger partial charge < -0.3 is 10.2 Å². The minimum Gasteiger partial charge on any atom is -0.333 e. The van der Waals surface area contributed by atoms with Crippen molar-refractivity contribution in [2.24, 2.45) is 0 Å². The number of nitrogens with zero attached hydrogens (tertiary/aromatic N) is 4. The van der Waals surface area contributed by atoms with Crippen LogP contribution in [0.3, 0.4) is 0 Å². The third-order valence-corrected chi connectivity index (χ3v) is 4.77. The molecule has 2 aromatic heterocycles. The van der Waals surface area contributed by atoms with Crippen LogP contribution >= 0.6 is 15.9 Å². The number of rotatable bonds is 2. The Bertz CT molecular complexity index is 1030. The van der Waals surface area contributed by atoms with Gasteiger partial charge in [0, 0.05) is 44.2 Å². The molecule has 3 aromatic rings. The molecule has 0 atom stereocenters. The van der Waals surface area contributed by atoms with Gasteiger partial charge in [-0.2, -0.15) is 5.10 Å². The predicted octanol–water partition coefficient (Wildman–Crippen LogP) is 2.65. The highest BCUT2D eigenvalue weighted by molar-refractivity contribution is 9.10. The topological polar surface area (TPSA) is 79.6 Å². The number of hydrogen-bond donors (Lipinski definition) is 1. The molecular weight excluding hydrogens is 398 g/mol. The van der Waals surface area contributed by atoms with Crippen molar-refractivity contribution in [3.05, 3.63) is 58.0 Å². The zero-order valence-corrected chi connectivity index (χ0v) is 15.7. The molecule has 0 spiro atoms. The summed E-state index contributed by atoms with van der Waals surface area (Å²) in [4.78, 5) is 30.3. The second-order valence-electron chi connectivity index (χ2n) is 6.21. The maximum absolute atomic E-state index is 12.9.